The fraction of sp³-hybridized carbons (Fsp3) is 0.353. The summed E-state index contributed by atoms with van der Waals surface area (Å²) in [5.41, 5.74) is 0.716. The van der Waals surface area contributed by atoms with Crippen LogP contribution in [0.5, 0.6) is 5.75 Å². The molecule has 128 valence electrons. The summed E-state index contributed by atoms with van der Waals surface area (Å²) in [5, 5.41) is 22.0. The number of hydrogen-bond acceptors (Lipinski definition) is 5. The van der Waals surface area contributed by atoms with Gasteiger partial charge in [0.05, 0.1) is 11.3 Å². The fourth-order valence-electron chi connectivity index (χ4n) is 2.71. The molecule has 3 N–H and O–H groups in total. The molecule has 0 aromatic heterocycles. The normalized spacial score (nSPS) is 17.8. The minimum atomic E-state index is -0.474. The Morgan fingerprint density at radius 3 is 2.46 bits per heavy atom. The van der Waals surface area contributed by atoms with Crippen LogP contribution in [0.4, 0.5) is 5.69 Å². The number of phenolic OH excluding ortho intramolecular Hbond substituents is 1. The Hall–Kier alpha value is -2.34. The van der Waals surface area contributed by atoms with Crippen LogP contribution in [0.1, 0.15) is 37.7 Å². The minimum absolute atomic E-state index is 0.0821. The van der Waals surface area contributed by atoms with Gasteiger partial charge in [0.1, 0.15) is 17.4 Å². The molecule has 0 atom stereocenters. The van der Waals surface area contributed by atoms with Crippen molar-refractivity contribution < 1.29 is 24.6 Å². The van der Waals surface area contributed by atoms with Crippen molar-refractivity contribution in [1.29, 1.82) is 0 Å². The third-order valence-corrected chi connectivity index (χ3v) is 4.17. The smallest absolute Gasteiger partial charge is 0.239 e. The summed E-state index contributed by atoms with van der Waals surface area (Å²) in [6.07, 6.45) is 0.392. The number of aromatic hydroxyl groups is 1. The largest absolute Gasteiger partial charge is 0.511 e. The molecule has 6 nitrogen and oxygen atoms in total. The highest BCUT2D eigenvalue weighted by Crippen LogP contribution is 2.36. The fourth-order valence-corrected chi connectivity index (χ4v) is 2.77. The minimum Gasteiger partial charge on any atom is -0.511 e. The topological polar surface area (TPSA) is 104 Å². The first-order chi connectivity index (χ1) is 11.4. The van der Waals surface area contributed by atoms with Crippen LogP contribution in [0.3, 0.4) is 0 Å². The van der Waals surface area contributed by atoms with Crippen LogP contribution in [-0.2, 0) is 14.4 Å². The molecule has 1 aromatic carbocycles. The molecular weight excluding hydrogens is 334 g/mol. The highest BCUT2D eigenvalue weighted by Gasteiger charge is 2.33. The molecule has 1 fully saturated rings. The van der Waals surface area contributed by atoms with Crippen molar-refractivity contribution in [2.45, 2.75) is 32.1 Å². The van der Waals surface area contributed by atoms with Gasteiger partial charge < -0.3 is 15.5 Å². The van der Waals surface area contributed by atoms with E-state index in [2.05, 4.69) is 5.32 Å². The van der Waals surface area contributed by atoms with Gasteiger partial charge >= 0.3 is 0 Å². The van der Waals surface area contributed by atoms with Crippen LogP contribution in [0, 0.1) is 0 Å². The number of benzene rings is 1. The first kappa shape index (κ1) is 18.0. The van der Waals surface area contributed by atoms with Gasteiger partial charge in [-0.25, -0.2) is 0 Å². The van der Waals surface area contributed by atoms with Gasteiger partial charge in [-0.05, 0) is 23.6 Å². The molecule has 0 unspecified atom stereocenters. The average molecular weight is 352 g/mol. The number of aliphatic hydroxyl groups is 1. The second-order valence-corrected chi connectivity index (χ2v) is 5.85. The summed E-state index contributed by atoms with van der Waals surface area (Å²) in [7, 11) is 0. The SMILES string of the molecule is CCC(O)=C1C(=O)CC(c2ccc(O)c(NC(=O)CCl)c2)CC1=O. The number of phenols is 1. The van der Waals surface area contributed by atoms with E-state index in [4.69, 9.17) is 11.6 Å². The second-order valence-electron chi connectivity index (χ2n) is 5.59. The number of ketones is 2. The first-order valence-electron chi connectivity index (χ1n) is 7.54. The number of Topliss-reactive ketones (excluding diaryl/α,β-unsaturated/α-hetero) is 2. The highest BCUT2D eigenvalue weighted by molar-refractivity contribution is 6.29. The van der Waals surface area contributed by atoms with E-state index in [-0.39, 0.29) is 53.8 Å². The van der Waals surface area contributed by atoms with Crippen molar-refractivity contribution in [3.05, 3.63) is 35.1 Å². The number of alkyl halides is 1. The standard InChI is InChI=1S/C17H18ClNO5/c1-2-12(20)17-14(22)6-10(7-15(17)23)9-3-4-13(21)11(5-9)19-16(24)8-18/h3-5,10,20-21H,2,6-8H2,1H3,(H,19,24). The number of allylic oxidation sites excluding steroid dienone is 2. The third-order valence-electron chi connectivity index (χ3n) is 3.93. The molecular formula is C17H18ClNO5. The van der Waals surface area contributed by atoms with Crippen molar-refractivity contribution in [3.8, 4) is 5.75 Å². The Morgan fingerprint density at radius 1 is 1.29 bits per heavy atom. The Kier molecular flexibility index (Phi) is 5.62. The third kappa shape index (κ3) is 3.76. The monoisotopic (exact) mass is 351 g/mol. The molecule has 1 aliphatic rings. The van der Waals surface area contributed by atoms with E-state index < -0.39 is 17.5 Å². The summed E-state index contributed by atoms with van der Waals surface area (Å²) in [6.45, 7) is 1.67. The molecule has 0 spiro atoms. The molecule has 0 radical (unpaired) electrons. The van der Waals surface area contributed by atoms with Crippen molar-refractivity contribution >= 4 is 34.8 Å². The van der Waals surface area contributed by atoms with Gasteiger partial charge in [0, 0.05) is 19.3 Å². The van der Waals surface area contributed by atoms with Gasteiger partial charge in [-0.1, -0.05) is 13.0 Å². The summed E-state index contributed by atoms with van der Waals surface area (Å²) >= 11 is 5.43. The zero-order valence-electron chi connectivity index (χ0n) is 13.1. The molecule has 2 rings (SSSR count). The maximum absolute atomic E-state index is 12.2. The molecule has 1 amide bonds. The number of carbonyl (C=O) groups excluding carboxylic acids is 3. The van der Waals surface area contributed by atoms with Crippen molar-refractivity contribution in [1.82, 2.24) is 0 Å². The number of halogens is 1. The highest BCUT2D eigenvalue weighted by atomic mass is 35.5. The van der Waals surface area contributed by atoms with Crippen molar-refractivity contribution in [2.75, 3.05) is 11.2 Å². The summed E-state index contributed by atoms with van der Waals surface area (Å²) in [6, 6.07) is 4.52. The van der Waals surface area contributed by atoms with E-state index in [0.717, 1.165) is 0 Å². The Labute approximate surface area is 144 Å². The van der Waals surface area contributed by atoms with Crippen LogP contribution in [0.15, 0.2) is 29.5 Å². The van der Waals surface area contributed by atoms with E-state index in [1.807, 2.05) is 0 Å². The zero-order chi connectivity index (χ0) is 17.9. The number of rotatable bonds is 4. The van der Waals surface area contributed by atoms with Crippen LogP contribution in [0.2, 0.25) is 0 Å². The molecule has 0 bridgehead atoms. The Bertz CT molecular complexity index is 706. The van der Waals surface area contributed by atoms with Gasteiger partial charge in [-0.2, -0.15) is 0 Å². The first-order valence-corrected chi connectivity index (χ1v) is 8.08. The molecule has 7 heteroatoms. The quantitative estimate of drug-likeness (QED) is 0.254. The number of amides is 1. The van der Waals surface area contributed by atoms with Crippen LogP contribution in [0.25, 0.3) is 0 Å². The second kappa shape index (κ2) is 7.49. The number of aliphatic hydroxyl groups excluding tert-OH is 1. The number of hydrogen-bond donors (Lipinski definition) is 3. The predicted molar refractivity (Wildman–Crippen MR) is 89.4 cm³/mol. The van der Waals surface area contributed by atoms with Crippen molar-refractivity contribution in [2.24, 2.45) is 0 Å². The molecule has 0 saturated heterocycles. The number of carbonyl (C=O) groups is 3. The van der Waals surface area contributed by atoms with E-state index >= 15 is 0 Å². The van der Waals surface area contributed by atoms with Gasteiger partial charge in [0.15, 0.2) is 11.6 Å². The lowest BCUT2D eigenvalue weighted by atomic mass is 9.79. The van der Waals surface area contributed by atoms with Crippen LogP contribution in [-0.4, -0.2) is 33.6 Å². The van der Waals surface area contributed by atoms with E-state index in [1.165, 1.54) is 12.1 Å². The number of nitrogens with one attached hydrogen (secondary N) is 1. The molecule has 24 heavy (non-hydrogen) atoms. The molecule has 0 heterocycles. The average Bonchev–Trinajstić information content (AvgIpc) is 2.55. The maximum atomic E-state index is 12.2. The number of anilines is 1. The van der Waals surface area contributed by atoms with Crippen molar-refractivity contribution in [3.63, 3.8) is 0 Å². The van der Waals surface area contributed by atoms with Crippen LogP contribution >= 0.6 is 11.6 Å². The van der Waals surface area contributed by atoms with Gasteiger partial charge in [-0.3, -0.25) is 14.4 Å². The van der Waals surface area contributed by atoms with Gasteiger partial charge in [-0.15, -0.1) is 11.6 Å². The lowest BCUT2D eigenvalue weighted by molar-refractivity contribution is -0.124. The van der Waals surface area contributed by atoms with E-state index in [1.54, 1.807) is 13.0 Å². The van der Waals surface area contributed by atoms with Gasteiger partial charge in [0.2, 0.25) is 5.91 Å². The zero-order valence-corrected chi connectivity index (χ0v) is 13.9. The van der Waals surface area contributed by atoms with Crippen LogP contribution < -0.4 is 5.32 Å². The lowest BCUT2D eigenvalue weighted by Crippen LogP contribution is -2.26. The Morgan fingerprint density at radius 2 is 1.92 bits per heavy atom. The Balaban J connectivity index is 2.28. The molecule has 1 saturated carbocycles. The van der Waals surface area contributed by atoms with E-state index in [0.29, 0.717) is 5.56 Å². The van der Waals surface area contributed by atoms with Gasteiger partial charge in [0.25, 0.3) is 0 Å². The summed E-state index contributed by atoms with van der Waals surface area (Å²) in [4.78, 5) is 35.8. The lowest BCUT2D eigenvalue weighted by Gasteiger charge is -2.23. The maximum Gasteiger partial charge on any atom is 0.239 e. The summed E-state index contributed by atoms with van der Waals surface area (Å²) < 4.78 is 0. The predicted octanol–water partition coefficient (Wildman–Crippen LogP) is 2.81. The molecule has 0 aliphatic heterocycles. The summed E-state index contributed by atoms with van der Waals surface area (Å²) in [5.74, 6) is -2.19. The molecule has 1 aromatic rings. The van der Waals surface area contributed by atoms with E-state index in [9.17, 15) is 24.6 Å². The molecule has 1 aliphatic carbocycles.